The molecule has 1 aromatic rings. The quantitative estimate of drug-likeness (QED) is 0.678. The van der Waals surface area contributed by atoms with Gasteiger partial charge in [0, 0.05) is 24.5 Å². The first-order valence-corrected chi connectivity index (χ1v) is 5.25. The lowest BCUT2D eigenvalue weighted by molar-refractivity contribution is -0.123. The molecule has 0 saturated heterocycles. The molecular formula is C11H19N3O. The molecular weight excluding hydrogens is 190 g/mol. The van der Waals surface area contributed by atoms with Crippen molar-refractivity contribution >= 4 is 5.91 Å². The average molecular weight is 209 g/mol. The number of aromatic nitrogens is 1. The maximum Gasteiger partial charge on any atom is 0.237 e. The van der Waals surface area contributed by atoms with Gasteiger partial charge in [0.2, 0.25) is 5.91 Å². The van der Waals surface area contributed by atoms with Crippen molar-refractivity contribution in [1.29, 1.82) is 0 Å². The summed E-state index contributed by atoms with van der Waals surface area (Å²) in [5.74, 6) is 0.0385. The molecule has 0 aliphatic heterocycles. The molecule has 1 aromatic heterocycles. The van der Waals surface area contributed by atoms with Crippen LogP contribution in [-0.2, 0) is 11.3 Å². The summed E-state index contributed by atoms with van der Waals surface area (Å²) in [4.78, 5) is 14.6. The van der Waals surface area contributed by atoms with Gasteiger partial charge in [-0.05, 0) is 32.9 Å². The number of amides is 1. The highest BCUT2D eigenvalue weighted by atomic mass is 16.2. The molecule has 1 amide bonds. The molecule has 1 atom stereocenters. The number of aromatic amines is 1. The fraction of sp³-hybridized carbons (Fsp3) is 0.545. The molecule has 0 aliphatic rings. The minimum Gasteiger partial charge on any atom is -0.364 e. The van der Waals surface area contributed by atoms with E-state index in [9.17, 15) is 4.79 Å². The molecule has 3 N–H and O–H groups in total. The Balaban J connectivity index is 2.29. The summed E-state index contributed by atoms with van der Waals surface area (Å²) < 4.78 is 0. The van der Waals surface area contributed by atoms with E-state index in [2.05, 4.69) is 15.6 Å². The van der Waals surface area contributed by atoms with Gasteiger partial charge in [-0.2, -0.15) is 0 Å². The maximum atomic E-state index is 11.5. The second kappa shape index (κ2) is 5.56. The summed E-state index contributed by atoms with van der Waals surface area (Å²) in [6.07, 6.45) is 1.87. The van der Waals surface area contributed by atoms with Gasteiger partial charge in [-0.15, -0.1) is 0 Å². The molecule has 1 unspecified atom stereocenters. The third-order valence-electron chi connectivity index (χ3n) is 2.09. The van der Waals surface area contributed by atoms with E-state index in [0.717, 1.165) is 5.69 Å². The van der Waals surface area contributed by atoms with Crippen molar-refractivity contribution in [1.82, 2.24) is 15.6 Å². The van der Waals surface area contributed by atoms with Gasteiger partial charge in [-0.25, -0.2) is 0 Å². The van der Waals surface area contributed by atoms with Gasteiger partial charge in [0.1, 0.15) is 0 Å². The summed E-state index contributed by atoms with van der Waals surface area (Å²) in [6.45, 7) is 6.45. The second-order valence-electron chi connectivity index (χ2n) is 3.96. The number of rotatable bonds is 5. The lowest BCUT2D eigenvalue weighted by atomic mass is 10.2. The van der Waals surface area contributed by atoms with E-state index in [0.29, 0.717) is 6.54 Å². The van der Waals surface area contributed by atoms with E-state index in [-0.39, 0.29) is 18.0 Å². The summed E-state index contributed by atoms with van der Waals surface area (Å²) >= 11 is 0. The van der Waals surface area contributed by atoms with Crippen LogP contribution in [0.2, 0.25) is 0 Å². The minimum absolute atomic E-state index is 0.0385. The molecule has 4 nitrogen and oxygen atoms in total. The van der Waals surface area contributed by atoms with Gasteiger partial charge in [-0.3, -0.25) is 4.79 Å². The first kappa shape index (κ1) is 11.8. The number of carbonyl (C=O) groups is 1. The van der Waals surface area contributed by atoms with Crippen molar-refractivity contribution in [3.63, 3.8) is 0 Å². The first-order chi connectivity index (χ1) is 7.09. The van der Waals surface area contributed by atoms with Crippen molar-refractivity contribution in [2.45, 2.75) is 39.4 Å². The fourth-order valence-electron chi connectivity index (χ4n) is 1.24. The van der Waals surface area contributed by atoms with Crippen molar-refractivity contribution in [2.24, 2.45) is 0 Å². The van der Waals surface area contributed by atoms with Crippen LogP contribution in [0, 0.1) is 0 Å². The molecule has 0 aromatic carbocycles. The highest BCUT2D eigenvalue weighted by Crippen LogP contribution is 1.94. The third-order valence-corrected chi connectivity index (χ3v) is 2.09. The van der Waals surface area contributed by atoms with Crippen LogP contribution in [0.5, 0.6) is 0 Å². The summed E-state index contributed by atoms with van der Waals surface area (Å²) in [5, 5.41) is 6.01. The van der Waals surface area contributed by atoms with Crippen molar-refractivity contribution < 1.29 is 4.79 Å². The molecule has 1 rings (SSSR count). The number of nitrogens with one attached hydrogen (secondary N) is 3. The second-order valence-corrected chi connectivity index (χ2v) is 3.96. The number of hydrogen-bond donors (Lipinski definition) is 3. The van der Waals surface area contributed by atoms with Crippen molar-refractivity contribution in [2.75, 3.05) is 0 Å². The molecule has 0 radical (unpaired) electrons. The number of carbonyl (C=O) groups excluding carboxylic acids is 1. The average Bonchev–Trinajstić information content (AvgIpc) is 2.65. The SMILES string of the molecule is CC(C)NC(=O)C(C)NCc1ccc[nH]1. The van der Waals surface area contributed by atoms with E-state index in [4.69, 9.17) is 0 Å². The van der Waals surface area contributed by atoms with Gasteiger partial charge in [-0.1, -0.05) is 0 Å². The van der Waals surface area contributed by atoms with Gasteiger partial charge >= 0.3 is 0 Å². The smallest absolute Gasteiger partial charge is 0.237 e. The molecule has 1 heterocycles. The van der Waals surface area contributed by atoms with E-state index in [1.807, 2.05) is 39.1 Å². The van der Waals surface area contributed by atoms with Crippen LogP contribution in [-0.4, -0.2) is 23.0 Å². The highest BCUT2D eigenvalue weighted by Gasteiger charge is 2.12. The van der Waals surface area contributed by atoms with Crippen LogP contribution < -0.4 is 10.6 Å². The highest BCUT2D eigenvalue weighted by molar-refractivity contribution is 5.81. The lowest BCUT2D eigenvalue weighted by Crippen LogP contribution is -2.44. The Morgan fingerprint density at radius 1 is 1.47 bits per heavy atom. The minimum atomic E-state index is -0.171. The van der Waals surface area contributed by atoms with Crippen LogP contribution in [0.15, 0.2) is 18.3 Å². The van der Waals surface area contributed by atoms with E-state index >= 15 is 0 Å². The summed E-state index contributed by atoms with van der Waals surface area (Å²) in [6, 6.07) is 3.94. The van der Waals surface area contributed by atoms with E-state index in [1.165, 1.54) is 0 Å². The Kier molecular flexibility index (Phi) is 4.37. The van der Waals surface area contributed by atoms with Gasteiger partial charge < -0.3 is 15.6 Å². The molecule has 0 spiro atoms. The summed E-state index contributed by atoms with van der Waals surface area (Å²) in [5.41, 5.74) is 1.08. The Hall–Kier alpha value is -1.29. The molecule has 4 heteroatoms. The Labute approximate surface area is 90.5 Å². The zero-order valence-corrected chi connectivity index (χ0v) is 9.50. The topological polar surface area (TPSA) is 56.9 Å². The van der Waals surface area contributed by atoms with Gasteiger partial charge in [0.05, 0.1) is 6.04 Å². The molecule has 84 valence electrons. The molecule has 0 fully saturated rings. The van der Waals surface area contributed by atoms with E-state index in [1.54, 1.807) is 0 Å². The third kappa shape index (κ3) is 4.16. The molecule has 15 heavy (non-hydrogen) atoms. The Morgan fingerprint density at radius 3 is 2.73 bits per heavy atom. The largest absolute Gasteiger partial charge is 0.364 e. The van der Waals surface area contributed by atoms with Crippen molar-refractivity contribution in [3.05, 3.63) is 24.0 Å². The van der Waals surface area contributed by atoms with Crippen LogP contribution in [0.25, 0.3) is 0 Å². The molecule has 0 bridgehead atoms. The Morgan fingerprint density at radius 2 is 2.20 bits per heavy atom. The van der Waals surface area contributed by atoms with Gasteiger partial charge in [0.25, 0.3) is 0 Å². The first-order valence-electron chi connectivity index (χ1n) is 5.25. The van der Waals surface area contributed by atoms with Crippen LogP contribution in [0.4, 0.5) is 0 Å². The standard InChI is InChI=1S/C11H19N3O/c1-8(2)14-11(15)9(3)13-7-10-5-4-6-12-10/h4-6,8-9,12-13H,7H2,1-3H3,(H,14,15). The van der Waals surface area contributed by atoms with Gasteiger partial charge in [0.15, 0.2) is 0 Å². The van der Waals surface area contributed by atoms with Crippen LogP contribution >= 0.6 is 0 Å². The van der Waals surface area contributed by atoms with E-state index < -0.39 is 0 Å². The van der Waals surface area contributed by atoms with Crippen LogP contribution in [0.1, 0.15) is 26.5 Å². The summed E-state index contributed by atoms with van der Waals surface area (Å²) in [7, 11) is 0. The predicted octanol–water partition coefficient (Wildman–Crippen LogP) is 1.02. The zero-order valence-electron chi connectivity index (χ0n) is 9.50. The maximum absolute atomic E-state index is 11.5. The zero-order chi connectivity index (χ0) is 11.3. The normalized spacial score (nSPS) is 12.8. The lowest BCUT2D eigenvalue weighted by Gasteiger charge is -2.15. The predicted molar refractivity (Wildman–Crippen MR) is 60.4 cm³/mol. The molecule has 0 saturated carbocycles. The molecule has 0 aliphatic carbocycles. The fourth-order valence-corrected chi connectivity index (χ4v) is 1.24. The number of hydrogen-bond acceptors (Lipinski definition) is 2. The number of H-pyrrole nitrogens is 1. The van der Waals surface area contributed by atoms with Crippen LogP contribution in [0.3, 0.4) is 0 Å². The monoisotopic (exact) mass is 209 g/mol. The van der Waals surface area contributed by atoms with Crippen molar-refractivity contribution in [3.8, 4) is 0 Å². The Bertz CT molecular complexity index is 293.